The number of thiophene rings is 3. The number of hydrogen-bond acceptors (Lipinski definition) is 11. The van der Waals surface area contributed by atoms with Crippen LogP contribution in [0.15, 0.2) is 68.4 Å². The Morgan fingerprint density at radius 1 is 0.644 bits per heavy atom. The standard InChI is InChI=1S/C10H9ClO3S2.C10H10O4S2.C10H10OS.K/c2*1-6-7-4-3-5-8(14-2)9(7)15-10(6)16(11,12)13;1-7-6-12-10-8(7)4-3-5-9(10)11-2;/h3-5H,1-2H3;3-5H,1-2H3,(H,11,12,13);3-6H,1-2H3;/q;;;+1/p-1. The van der Waals surface area contributed by atoms with E-state index in [1.54, 1.807) is 63.7 Å². The van der Waals surface area contributed by atoms with E-state index in [1.165, 1.54) is 22.8 Å². The molecule has 3 heterocycles. The number of methoxy groups -OCH3 is 3. The minimum atomic E-state index is -4.41. The van der Waals surface area contributed by atoms with E-state index in [-0.39, 0.29) is 59.8 Å². The molecule has 0 amide bonds. The summed E-state index contributed by atoms with van der Waals surface area (Å²) in [5.74, 6) is 2.23. The van der Waals surface area contributed by atoms with E-state index in [4.69, 9.17) is 24.9 Å². The average molecular weight is 751 g/mol. The third kappa shape index (κ3) is 8.42. The molecule has 234 valence electrons. The summed E-state index contributed by atoms with van der Waals surface area (Å²) < 4.78 is 74.2. The van der Waals surface area contributed by atoms with Crippen molar-refractivity contribution in [2.24, 2.45) is 0 Å². The second kappa shape index (κ2) is 15.7. The van der Waals surface area contributed by atoms with E-state index >= 15 is 0 Å². The molecule has 0 aliphatic heterocycles. The van der Waals surface area contributed by atoms with Crippen LogP contribution in [0.2, 0.25) is 0 Å². The van der Waals surface area contributed by atoms with Crippen LogP contribution in [0.3, 0.4) is 0 Å². The van der Waals surface area contributed by atoms with Crippen LogP contribution in [0.5, 0.6) is 17.2 Å². The Morgan fingerprint density at radius 3 is 1.47 bits per heavy atom. The van der Waals surface area contributed by atoms with Crippen molar-refractivity contribution in [3.05, 3.63) is 76.7 Å². The molecule has 6 aromatic rings. The summed E-state index contributed by atoms with van der Waals surface area (Å²) in [5.41, 5.74) is 2.50. The summed E-state index contributed by atoms with van der Waals surface area (Å²) in [6.07, 6.45) is 0. The van der Waals surface area contributed by atoms with Gasteiger partial charge >= 0.3 is 51.4 Å². The summed E-state index contributed by atoms with van der Waals surface area (Å²) in [4.78, 5) is 0. The molecule has 8 nitrogen and oxygen atoms in total. The fraction of sp³-hybridized carbons (Fsp3) is 0.200. The minimum absolute atomic E-state index is 0. The van der Waals surface area contributed by atoms with Crippen molar-refractivity contribution in [3.63, 3.8) is 0 Å². The molecule has 0 bridgehead atoms. The van der Waals surface area contributed by atoms with Gasteiger partial charge in [0.1, 0.15) is 35.8 Å². The molecule has 0 saturated heterocycles. The fourth-order valence-electron chi connectivity index (χ4n) is 4.50. The second-order valence-electron chi connectivity index (χ2n) is 9.35. The van der Waals surface area contributed by atoms with Crippen molar-refractivity contribution in [1.82, 2.24) is 0 Å². The van der Waals surface area contributed by atoms with Gasteiger partial charge in [-0.15, -0.1) is 34.0 Å². The minimum Gasteiger partial charge on any atom is -0.743 e. The molecular formula is C30H28ClKO8S5. The molecule has 0 saturated carbocycles. The maximum Gasteiger partial charge on any atom is 1.00 e. The maximum atomic E-state index is 11.4. The number of fused-ring (bicyclic) bond motifs is 3. The number of ether oxygens (including phenoxy) is 3. The van der Waals surface area contributed by atoms with Crippen molar-refractivity contribution in [2.45, 2.75) is 29.2 Å². The normalized spacial score (nSPS) is 11.3. The summed E-state index contributed by atoms with van der Waals surface area (Å²) in [6.45, 7) is 5.49. The van der Waals surface area contributed by atoms with Crippen molar-refractivity contribution in [2.75, 3.05) is 21.3 Å². The van der Waals surface area contributed by atoms with Crippen LogP contribution >= 0.6 is 44.7 Å². The van der Waals surface area contributed by atoms with Gasteiger partial charge in [0.05, 0.1) is 35.4 Å². The predicted octanol–water partition coefficient (Wildman–Crippen LogP) is 5.49. The van der Waals surface area contributed by atoms with Gasteiger partial charge in [-0.1, -0.05) is 36.4 Å². The third-order valence-corrected chi connectivity index (χ3v) is 14.0. The van der Waals surface area contributed by atoms with Crippen LogP contribution in [0, 0.1) is 20.8 Å². The Morgan fingerprint density at radius 2 is 1.04 bits per heavy atom. The Balaban J connectivity index is 0.000000184. The maximum absolute atomic E-state index is 11.4. The molecule has 0 unspecified atom stereocenters. The first-order valence-electron chi connectivity index (χ1n) is 12.8. The largest absolute Gasteiger partial charge is 1.00 e. The number of hydrogen-bond donors (Lipinski definition) is 0. The smallest absolute Gasteiger partial charge is 0.743 e. The quantitative estimate of drug-likeness (QED) is 0.129. The molecule has 0 fully saturated rings. The molecule has 45 heavy (non-hydrogen) atoms. The van der Waals surface area contributed by atoms with Gasteiger partial charge in [-0.05, 0) is 66.4 Å². The van der Waals surface area contributed by atoms with Crippen LogP contribution in [-0.2, 0) is 19.2 Å². The van der Waals surface area contributed by atoms with E-state index in [9.17, 15) is 21.4 Å². The first kappa shape index (κ1) is 38.2. The van der Waals surface area contributed by atoms with Crippen molar-refractivity contribution < 1.29 is 87.0 Å². The van der Waals surface area contributed by atoms with Crippen LogP contribution in [-0.4, -0.2) is 42.7 Å². The Hall–Kier alpha value is -1.27. The zero-order valence-corrected chi connectivity index (χ0v) is 33.4. The van der Waals surface area contributed by atoms with Gasteiger partial charge in [0.25, 0.3) is 9.05 Å². The van der Waals surface area contributed by atoms with Crippen molar-refractivity contribution in [1.29, 1.82) is 0 Å². The van der Waals surface area contributed by atoms with E-state index < -0.39 is 19.2 Å². The predicted molar refractivity (Wildman–Crippen MR) is 180 cm³/mol. The molecule has 0 aliphatic rings. The van der Waals surface area contributed by atoms with Crippen molar-refractivity contribution >= 4 is 94.1 Å². The van der Waals surface area contributed by atoms with E-state index in [2.05, 4.69) is 18.4 Å². The Labute approximate surface area is 321 Å². The van der Waals surface area contributed by atoms with E-state index in [1.807, 2.05) is 24.3 Å². The molecule has 0 N–H and O–H groups in total. The molecule has 0 atom stereocenters. The zero-order valence-electron chi connectivity index (χ0n) is 25.5. The van der Waals surface area contributed by atoms with Gasteiger partial charge in [-0.2, -0.15) is 0 Å². The van der Waals surface area contributed by atoms with Crippen LogP contribution in [0.1, 0.15) is 16.7 Å². The molecular weight excluding hydrogens is 723 g/mol. The number of halogens is 1. The molecule has 0 aliphatic carbocycles. The summed E-state index contributed by atoms with van der Waals surface area (Å²) >= 11 is 3.83. The Bertz CT molecular complexity index is 2070. The molecule has 0 radical (unpaired) electrons. The summed E-state index contributed by atoms with van der Waals surface area (Å²) in [5, 5.41) is 5.08. The monoisotopic (exact) mass is 750 g/mol. The number of aryl methyl sites for hydroxylation is 3. The summed E-state index contributed by atoms with van der Waals surface area (Å²) in [7, 11) is 2.06. The average Bonchev–Trinajstić information content (AvgIpc) is 3.66. The van der Waals surface area contributed by atoms with E-state index in [0.717, 1.165) is 43.9 Å². The fourth-order valence-corrected chi connectivity index (χ4v) is 10.5. The van der Waals surface area contributed by atoms with E-state index in [0.29, 0.717) is 27.3 Å². The van der Waals surface area contributed by atoms with Gasteiger partial charge < -0.3 is 18.8 Å². The van der Waals surface area contributed by atoms with Crippen LogP contribution < -0.4 is 65.6 Å². The van der Waals surface area contributed by atoms with Crippen LogP contribution in [0.25, 0.3) is 30.3 Å². The third-order valence-electron chi connectivity index (χ3n) is 6.63. The SMILES string of the molecule is COc1cccc2c(C)c(S(=O)(=O)Cl)sc12.COc1cccc2c(C)c(S(=O)(=O)[O-])sc12.COc1cccc2c(C)csc12.[K+]. The van der Waals surface area contributed by atoms with Gasteiger partial charge in [-0.25, -0.2) is 16.8 Å². The van der Waals surface area contributed by atoms with Gasteiger partial charge in [0.15, 0.2) is 0 Å². The molecule has 15 heteroatoms. The topological polar surface area (TPSA) is 119 Å². The number of benzene rings is 3. The molecule has 3 aromatic carbocycles. The zero-order chi connectivity index (χ0) is 32.4. The van der Waals surface area contributed by atoms with Gasteiger partial charge in [0, 0.05) is 21.5 Å². The van der Waals surface area contributed by atoms with Crippen LogP contribution in [0.4, 0.5) is 0 Å². The first-order valence-corrected chi connectivity index (χ1v) is 19.0. The number of rotatable bonds is 5. The van der Waals surface area contributed by atoms with Gasteiger partial charge in [0.2, 0.25) is 0 Å². The first-order chi connectivity index (χ1) is 20.7. The molecule has 0 spiro atoms. The van der Waals surface area contributed by atoms with Gasteiger partial charge in [-0.3, -0.25) is 0 Å². The van der Waals surface area contributed by atoms with Crippen molar-refractivity contribution in [3.8, 4) is 17.2 Å². The molecule has 3 aromatic heterocycles. The Kier molecular flexibility index (Phi) is 13.4. The molecule has 6 rings (SSSR count). The summed E-state index contributed by atoms with van der Waals surface area (Å²) in [6, 6.07) is 16.9. The second-order valence-corrected chi connectivity index (χ2v) is 16.6.